The minimum absolute atomic E-state index is 0.0328. The maximum atomic E-state index is 13.7. The van der Waals surface area contributed by atoms with Gasteiger partial charge in [0.05, 0.1) is 12.1 Å². The molecule has 0 aliphatic heterocycles. The smallest absolute Gasteiger partial charge is 0.305 e. The normalized spacial score (nSPS) is 10.6. The molecule has 0 fully saturated rings. The van der Waals surface area contributed by atoms with E-state index in [0.717, 1.165) is 5.56 Å². The zero-order chi connectivity index (χ0) is 15.0. The molecule has 5 nitrogen and oxygen atoms in total. The lowest BCUT2D eigenvalue weighted by molar-refractivity contribution is -0.136. The van der Waals surface area contributed by atoms with Gasteiger partial charge in [-0.1, -0.05) is 6.07 Å². The van der Waals surface area contributed by atoms with Crippen LogP contribution in [-0.4, -0.2) is 42.9 Å². The Hall–Kier alpha value is -1.66. The molecule has 20 heavy (non-hydrogen) atoms. The van der Waals surface area contributed by atoms with Gasteiger partial charge in [0, 0.05) is 26.7 Å². The van der Waals surface area contributed by atoms with Crippen molar-refractivity contribution in [1.82, 2.24) is 5.32 Å². The second kappa shape index (κ2) is 8.50. The summed E-state index contributed by atoms with van der Waals surface area (Å²) in [5, 5.41) is 20.5. The molecular weight excluding hydrogens is 263 g/mol. The Kier molecular flexibility index (Phi) is 6.97. The summed E-state index contributed by atoms with van der Waals surface area (Å²) < 4.78 is 13.7. The third-order valence-electron chi connectivity index (χ3n) is 2.92. The highest BCUT2D eigenvalue weighted by Gasteiger charge is 2.10. The number of rotatable bonds is 9. The highest BCUT2D eigenvalue weighted by atomic mass is 19.1. The van der Waals surface area contributed by atoms with Crippen LogP contribution in [0.1, 0.15) is 18.4 Å². The first-order chi connectivity index (χ1) is 9.54. The molecule has 0 unspecified atom stereocenters. The van der Waals surface area contributed by atoms with Gasteiger partial charge in [-0.25, -0.2) is 4.39 Å². The molecule has 1 aromatic carbocycles. The van der Waals surface area contributed by atoms with Gasteiger partial charge in [-0.05, 0) is 30.7 Å². The van der Waals surface area contributed by atoms with Gasteiger partial charge in [0.15, 0.2) is 0 Å². The van der Waals surface area contributed by atoms with Crippen molar-refractivity contribution in [3.05, 3.63) is 29.6 Å². The third-order valence-corrected chi connectivity index (χ3v) is 2.92. The molecule has 0 spiro atoms. The van der Waals surface area contributed by atoms with Crippen LogP contribution in [0.4, 0.5) is 10.1 Å². The van der Waals surface area contributed by atoms with E-state index in [9.17, 15) is 9.18 Å². The van der Waals surface area contributed by atoms with Crippen LogP contribution in [-0.2, 0) is 11.3 Å². The molecule has 0 saturated carbocycles. The predicted molar refractivity (Wildman–Crippen MR) is 75.3 cm³/mol. The van der Waals surface area contributed by atoms with E-state index in [1.165, 1.54) is 6.07 Å². The quantitative estimate of drug-likeness (QED) is 0.594. The Morgan fingerprint density at radius 3 is 2.85 bits per heavy atom. The summed E-state index contributed by atoms with van der Waals surface area (Å²) in [6, 6.07) is 4.79. The lowest BCUT2D eigenvalue weighted by Crippen LogP contribution is -2.22. The summed E-state index contributed by atoms with van der Waals surface area (Å²) in [4.78, 5) is 12.1. The SMILES string of the molecule is CN(CCC(=O)O)c1cc(CNCCCO)ccc1F. The second-order valence-electron chi connectivity index (χ2n) is 4.60. The van der Waals surface area contributed by atoms with Gasteiger partial charge in [0.25, 0.3) is 0 Å². The van der Waals surface area contributed by atoms with E-state index >= 15 is 0 Å². The van der Waals surface area contributed by atoms with Crippen molar-refractivity contribution in [2.75, 3.05) is 31.6 Å². The number of benzene rings is 1. The maximum absolute atomic E-state index is 13.7. The second-order valence-corrected chi connectivity index (χ2v) is 4.60. The van der Waals surface area contributed by atoms with Crippen LogP contribution < -0.4 is 10.2 Å². The topological polar surface area (TPSA) is 72.8 Å². The Balaban J connectivity index is 2.63. The molecule has 0 atom stereocenters. The van der Waals surface area contributed by atoms with E-state index < -0.39 is 5.97 Å². The van der Waals surface area contributed by atoms with Crippen molar-refractivity contribution in [1.29, 1.82) is 0 Å². The van der Waals surface area contributed by atoms with E-state index in [1.54, 1.807) is 24.1 Å². The number of carbonyl (C=O) groups is 1. The van der Waals surface area contributed by atoms with Crippen molar-refractivity contribution >= 4 is 11.7 Å². The number of anilines is 1. The van der Waals surface area contributed by atoms with E-state index in [0.29, 0.717) is 25.2 Å². The van der Waals surface area contributed by atoms with Crippen molar-refractivity contribution in [2.45, 2.75) is 19.4 Å². The molecule has 3 N–H and O–H groups in total. The molecule has 1 rings (SSSR count). The van der Waals surface area contributed by atoms with Gasteiger partial charge < -0.3 is 20.4 Å². The summed E-state index contributed by atoms with van der Waals surface area (Å²) >= 11 is 0. The van der Waals surface area contributed by atoms with Crippen molar-refractivity contribution < 1.29 is 19.4 Å². The Bertz CT molecular complexity index is 440. The molecule has 0 aromatic heterocycles. The fourth-order valence-corrected chi connectivity index (χ4v) is 1.78. The van der Waals surface area contributed by atoms with Crippen LogP contribution in [0.5, 0.6) is 0 Å². The van der Waals surface area contributed by atoms with Crippen molar-refractivity contribution in [3.63, 3.8) is 0 Å². The van der Waals surface area contributed by atoms with E-state index in [4.69, 9.17) is 10.2 Å². The largest absolute Gasteiger partial charge is 0.481 e. The molecule has 6 heteroatoms. The Labute approximate surface area is 118 Å². The highest BCUT2D eigenvalue weighted by molar-refractivity contribution is 5.67. The molecule has 1 aromatic rings. The molecule has 0 radical (unpaired) electrons. The lowest BCUT2D eigenvalue weighted by Gasteiger charge is -2.20. The number of aliphatic carboxylic acids is 1. The van der Waals surface area contributed by atoms with Crippen LogP contribution in [0.15, 0.2) is 18.2 Å². The molecular formula is C14H21FN2O3. The molecule has 0 heterocycles. The molecule has 0 aliphatic carbocycles. The molecule has 0 aliphatic rings. The number of hydrogen-bond acceptors (Lipinski definition) is 4. The number of nitrogens with one attached hydrogen (secondary N) is 1. The standard InChI is InChI=1S/C14H21FN2O3/c1-17(7-5-14(19)20)13-9-11(3-4-12(13)15)10-16-6-2-8-18/h3-4,9,16,18H,2,5-8,10H2,1H3,(H,19,20). The van der Waals surface area contributed by atoms with Crippen molar-refractivity contribution in [3.8, 4) is 0 Å². The maximum Gasteiger partial charge on any atom is 0.305 e. The monoisotopic (exact) mass is 284 g/mol. The van der Waals surface area contributed by atoms with Crippen LogP contribution >= 0.6 is 0 Å². The summed E-state index contributed by atoms with van der Waals surface area (Å²) in [7, 11) is 1.67. The van der Waals surface area contributed by atoms with Gasteiger partial charge in [0.2, 0.25) is 0 Å². The average Bonchev–Trinajstić information content (AvgIpc) is 2.42. The summed E-state index contributed by atoms with van der Waals surface area (Å²) in [6.45, 7) is 1.67. The molecule has 0 amide bonds. The van der Waals surface area contributed by atoms with Gasteiger partial charge >= 0.3 is 5.97 Å². The van der Waals surface area contributed by atoms with Crippen LogP contribution in [0.25, 0.3) is 0 Å². The summed E-state index contributed by atoms with van der Waals surface area (Å²) in [6.07, 6.45) is 0.640. The summed E-state index contributed by atoms with van der Waals surface area (Å²) in [5.41, 5.74) is 1.31. The molecule has 0 saturated heterocycles. The highest BCUT2D eigenvalue weighted by Crippen LogP contribution is 2.20. The van der Waals surface area contributed by atoms with Gasteiger partial charge in [-0.15, -0.1) is 0 Å². The fraction of sp³-hybridized carbons (Fsp3) is 0.500. The zero-order valence-electron chi connectivity index (χ0n) is 11.6. The predicted octanol–water partition coefficient (Wildman–Crippen LogP) is 1.21. The van der Waals surface area contributed by atoms with Gasteiger partial charge in [0.1, 0.15) is 5.82 Å². The Morgan fingerprint density at radius 2 is 2.20 bits per heavy atom. The van der Waals surface area contributed by atoms with E-state index in [2.05, 4.69) is 5.32 Å². The molecule has 0 bridgehead atoms. The average molecular weight is 284 g/mol. The molecule has 112 valence electrons. The first-order valence-electron chi connectivity index (χ1n) is 6.57. The van der Waals surface area contributed by atoms with Crippen LogP contribution in [0.3, 0.4) is 0 Å². The van der Waals surface area contributed by atoms with Crippen LogP contribution in [0, 0.1) is 5.82 Å². The number of carboxylic acids is 1. The van der Waals surface area contributed by atoms with Crippen LogP contribution in [0.2, 0.25) is 0 Å². The number of halogens is 1. The van der Waals surface area contributed by atoms with E-state index in [-0.39, 0.29) is 25.4 Å². The number of hydrogen-bond donors (Lipinski definition) is 3. The number of carboxylic acid groups (broad SMARTS) is 1. The fourth-order valence-electron chi connectivity index (χ4n) is 1.78. The van der Waals surface area contributed by atoms with Crippen molar-refractivity contribution in [2.24, 2.45) is 0 Å². The number of aliphatic hydroxyl groups excluding tert-OH is 1. The Morgan fingerprint density at radius 1 is 1.45 bits per heavy atom. The van der Waals surface area contributed by atoms with Gasteiger partial charge in [-0.3, -0.25) is 4.79 Å². The number of nitrogens with zero attached hydrogens (tertiary/aromatic N) is 1. The third kappa shape index (κ3) is 5.54. The first kappa shape index (κ1) is 16.4. The minimum atomic E-state index is -0.904. The summed E-state index contributed by atoms with van der Waals surface area (Å²) in [5.74, 6) is -1.27. The number of aliphatic hydroxyl groups is 1. The van der Waals surface area contributed by atoms with E-state index in [1.807, 2.05) is 0 Å². The lowest BCUT2D eigenvalue weighted by atomic mass is 10.1. The zero-order valence-corrected chi connectivity index (χ0v) is 11.6. The minimum Gasteiger partial charge on any atom is -0.481 e. The van der Waals surface area contributed by atoms with Gasteiger partial charge in [-0.2, -0.15) is 0 Å². The first-order valence-corrected chi connectivity index (χ1v) is 6.57.